The summed E-state index contributed by atoms with van der Waals surface area (Å²) in [6.07, 6.45) is 3.35. The van der Waals surface area contributed by atoms with E-state index in [9.17, 15) is 5.11 Å². The van der Waals surface area contributed by atoms with Gasteiger partial charge in [-0.3, -0.25) is 0 Å². The predicted octanol–water partition coefficient (Wildman–Crippen LogP) is 3.73. The van der Waals surface area contributed by atoms with Crippen LogP contribution in [0, 0.1) is 13.8 Å². The molecule has 2 unspecified atom stereocenters. The Bertz CT molecular complexity index is 629. The number of benzene rings is 1. The van der Waals surface area contributed by atoms with Gasteiger partial charge in [-0.15, -0.1) is 0 Å². The van der Waals surface area contributed by atoms with Crippen LogP contribution in [0.4, 0.5) is 0 Å². The number of hydrogen-bond acceptors (Lipinski definition) is 4. The SMILES string of the molecule is Cc1noc(C)c1C(C)NC1CCCc2ccc(O)cc21. The molecule has 1 aliphatic carbocycles. The number of rotatable bonds is 3. The molecule has 3 rings (SSSR count). The molecule has 0 fully saturated rings. The zero-order chi connectivity index (χ0) is 15.0. The number of fused-ring (bicyclic) bond motifs is 1. The summed E-state index contributed by atoms with van der Waals surface area (Å²) >= 11 is 0. The maximum atomic E-state index is 9.76. The van der Waals surface area contributed by atoms with Crippen molar-refractivity contribution in [2.45, 2.75) is 52.1 Å². The highest BCUT2D eigenvalue weighted by Crippen LogP contribution is 2.34. The van der Waals surface area contributed by atoms with Crippen LogP contribution in [0.1, 0.15) is 60.0 Å². The minimum Gasteiger partial charge on any atom is -0.508 e. The van der Waals surface area contributed by atoms with Crippen LogP contribution in [-0.4, -0.2) is 10.3 Å². The lowest BCUT2D eigenvalue weighted by Crippen LogP contribution is -2.28. The van der Waals surface area contributed by atoms with Crippen molar-refractivity contribution in [1.82, 2.24) is 10.5 Å². The summed E-state index contributed by atoms with van der Waals surface area (Å²) in [5.74, 6) is 1.21. The normalized spacial score (nSPS) is 19.3. The van der Waals surface area contributed by atoms with E-state index in [1.54, 1.807) is 6.07 Å². The Balaban J connectivity index is 1.85. The first-order chi connectivity index (χ1) is 10.1. The van der Waals surface area contributed by atoms with E-state index in [0.29, 0.717) is 5.75 Å². The molecule has 0 amide bonds. The molecule has 1 aliphatic rings. The number of phenolic OH excluding ortho intramolecular Hbond substituents is 1. The molecule has 1 heterocycles. The summed E-state index contributed by atoms with van der Waals surface area (Å²) in [5, 5.41) is 17.5. The summed E-state index contributed by atoms with van der Waals surface area (Å²) in [7, 11) is 0. The Morgan fingerprint density at radius 2 is 2.19 bits per heavy atom. The summed E-state index contributed by atoms with van der Waals surface area (Å²) in [5.41, 5.74) is 4.64. The quantitative estimate of drug-likeness (QED) is 0.902. The van der Waals surface area contributed by atoms with Crippen LogP contribution in [0.25, 0.3) is 0 Å². The number of aromatic nitrogens is 1. The van der Waals surface area contributed by atoms with Gasteiger partial charge in [0.15, 0.2) is 0 Å². The first-order valence-corrected chi connectivity index (χ1v) is 7.57. The van der Waals surface area contributed by atoms with Crippen LogP contribution in [0.15, 0.2) is 22.7 Å². The molecular weight excluding hydrogens is 264 g/mol. The number of aromatic hydroxyl groups is 1. The van der Waals surface area contributed by atoms with Crippen molar-refractivity contribution in [3.05, 3.63) is 46.3 Å². The third kappa shape index (κ3) is 2.68. The van der Waals surface area contributed by atoms with E-state index in [1.807, 2.05) is 26.0 Å². The van der Waals surface area contributed by atoms with Crippen molar-refractivity contribution in [2.24, 2.45) is 0 Å². The minimum absolute atomic E-state index is 0.176. The Kier molecular flexibility index (Phi) is 3.72. The van der Waals surface area contributed by atoms with Crippen LogP contribution in [0.2, 0.25) is 0 Å². The maximum absolute atomic E-state index is 9.76. The lowest BCUT2D eigenvalue weighted by molar-refractivity contribution is 0.384. The van der Waals surface area contributed by atoms with Crippen LogP contribution in [0.5, 0.6) is 5.75 Å². The van der Waals surface area contributed by atoms with E-state index in [2.05, 4.69) is 17.4 Å². The molecule has 0 radical (unpaired) electrons. The van der Waals surface area contributed by atoms with E-state index >= 15 is 0 Å². The van der Waals surface area contributed by atoms with Crippen LogP contribution < -0.4 is 5.32 Å². The summed E-state index contributed by atoms with van der Waals surface area (Å²) < 4.78 is 5.26. The Hall–Kier alpha value is -1.81. The molecule has 2 aromatic rings. The largest absolute Gasteiger partial charge is 0.508 e. The number of nitrogens with zero attached hydrogens (tertiary/aromatic N) is 1. The molecule has 0 aliphatic heterocycles. The third-order valence-corrected chi connectivity index (χ3v) is 4.42. The van der Waals surface area contributed by atoms with Gasteiger partial charge in [0.05, 0.1) is 5.69 Å². The highest BCUT2D eigenvalue weighted by molar-refractivity contribution is 5.39. The van der Waals surface area contributed by atoms with Gasteiger partial charge in [0, 0.05) is 17.6 Å². The fourth-order valence-electron chi connectivity index (χ4n) is 3.45. The van der Waals surface area contributed by atoms with Crippen molar-refractivity contribution in [2.75, 3.05) is 0 Å². The summed E-state index contributed by atoms with van der Waals surface area (Å²) in [6.45, 7) is 6.07. The van der Waals surface area contributed by atoms with E-state index < -0.39 is 0 Å². The van der Waals surface area contributed by atoms with Gasteiger partial charge >= 0.3 is 0 Å². The number of hydrogen-bond donors (Lipinski definition) is 2. The monoisotopic (exact) mass is 286 g/mol. The topological polar surface area (TPSA) is 58.3 Å². The molecule has 4 nitrogen and oxygen atoms in total. The van der Waals surface area contributed by atoms with E-state index in [1.165, 1.54) is 17.5 Å². The zero-order valence-corrected chi connectivity index (χ0v) is 12.8. The van der Waals surface area contributed by atoms with Gasteiger partial charge < -0.3 is 14.9 Å². The van der Waals surface area contributed by atoms with Gasteiger partial charge in [-0.25, -0.2) is 0 Å². The zero-order valence-electron chi connectivity index (χ0n) is 12.8. The second-order valence-electron chi connectivity index (χ2n) is 5.95. The van der Waals surface area contributed by atoms with Crippen molar-refractivity contribution in [3.63, 3.8) is 0 Å². The fourth-order valence-corrected chi connectivity index (χ4v) is 3.45. The van der Waals surface area contributed by atoms with Gasteiger partial charge in [0.1, 0.15) is 11.5 Å². The van der Waals surface area contributed by atoms with Gasteiger partial charge in [-0.1, -0.05) is 11.2 Å². The van der Waals surface area contributed by atoms with Crippen LogP contribution in [0.3, 0.4) is 0 Å². The van der Waals surface area contributed by atoms with E-state index in [0.717, 1.165) is 29.9 Å². The minimum atomic E-state index is 0.176. The number of nitrogens with one attached hydrogen (secondary N) is 1. The lowest BCUT2D eigenvalue weighted by Gasteiger charge is -2.29. The molecular formula is C17H22N2O2. The number of aryl methyl sites for hydroxylation is 3. The fraction of sp³-hybridized carbons (Fsp3) is 0.471. The molecule has 2 N–H and O–H groups in total. The van der Waals surface area contributed by atoms with Gasteiger partial charge in [-0.05, 0) is 63.3 Å². The first-order valence-electron chi connectivity index (χ1n) is 7.57. The Morgan fingerprint density at radius 1 is 1.38 bits per heavy atom. The molecule has 2 atom stereocenters. The third-order valence-electron chi connectivity index (χ3n) is 4.42. The second kappa shape index (κ2) is 5.53. The summed E-state index contributed by atoms with van der Waals surface area (Å²) in [4.78, 5) is 0. The Morgan fingerprint density at radius 3 is 2.90 bits per heavy atom. The van der Waals surface area contributed by atoms with E-state index in [-0.39, 0.29) is 12.1 Å². The van der Waals surface area contributed by atoms with Crippen molar-refractivity contribution >= 4 is 0 Å². The average Bonchev–Trinajstić information content (AvgIpc) is 2.79. The van der Waals surface area contributed by atoms with Gasteiger partial charge in [0.25, 0.3) is 0 Å². The second-order valence-corrected chi connectivity index (χ2v) is 5.95. The van der Waals surface area contributed by atoms with Crippen molar-refractivity contribution < 1.29 is 9.63 Å². The standard InChI is InChI=1S/C17H22N2O2/c1-10(17-11(2)19-21-12(17)3)18-16-6-4-5-13-7-8-14(20)9-15(13)16/h7-10,16,18,20H,4-6H2,1-3H3. The maximum Gasteiger partial charge on any atom is 0.138 e. The van der Waals surface area contributed by atoms with Gasteiger partial charge in [-0.2, -0.15) is 0 Å². The summed E-state index contributed by atoms with van der Waals surface area (Å²) in [6, 6.07) is 6.16. The molecule has 0 saturated heterocycles. The van der Waals surface area contributed by atoms with Crippen molar-refractivity contribution in [3.8, 4) is 5.75 Å². The molecule has 1 aromatic carbocycles. The van der Waals surface area contributed by atoms with Crippen LogP contribution >= 0.6 is 0 Å². The molecule has 112 valence electrons. The van der Waals surface area contributed by atoms with Crippen molar-refractivity contribution in [1.29, 1.82) is 0 Å². The molecule has 4 heteroatoms. The van der Waals surface area contributed by atoms with E-state index in [4.69, 9.17) is 4.52 Å². The molecule has 0 bridgehead atoms. The lowest BCUT2D eigenvalue weighted by atomic mass is 9.87. The Labute approximate surface area is 125 Å². The number of phenols is 1. The predicted molar refractivity (Wildman–Crippen MR) is 81.3 cm³/mol. The van der Waals surface area contributed by atoms with Gasteiger partial charge in [0.2, 0.25) is 0 Å². The highest BCUT2D eigenvalue weighted by atomic mass is 16.5. The highest BCUT2D eigenvalue weighted by Gasteiger charge is 2.24. The molecule has 0 saturated carbocycles. The van der Waals surface area contributed by atoms with Crippen LogP contribution in [-0.2, 0) is 6.42 Å². The first kappa shape index (κ1) is 14.1. The smallest absolute Gasteiger partial charge is 0.138 e. The molecule has 21 heavy (non-hydrogen) atoms. The molecule has 0 spiro atoms. The average molecular weight is 286 g/mol. The molecule has 1 aromatic heterocycles.